The second-order valence-corrected chi connectivity index (χ2v) is 3.10. The van der Waals surface area contributed by atoms with Crippen molar-refractivity contribution in [3.05, 3.63) is 23.8 Å². The Kier molecular flexibility index (Phi) is 8.14. The molecule has 0 saturated carbocycles. The summed E-state index contributed by atoms with van der Waals surface area (Å²) in [5.74, 6) is 0. The molecule has 0 saturated heterocycles. The third kappa shape index (κ3) is 7.55. The lowest BCUT2D eigenvalue weighted by atomic mass is 10.1. The molecule has 0 heterocycles. The first kappa shape index (κ1) is 11.4. The van der Waals surface area contributed by atoms with Crippen molar-refractivity contribution in [1.82, 2.24) is 5.32 Å². The molecule has 1 N–H and O–H groups in total. The van der Waals surface area contributed by atoms with E-state index in [0.717, 1.165) is 6.54 Å². The van der Waals surface area contributed by atoms with Crippen LogP contribution < -0.4 is 5.32 Å². The molecule has 1 heteroatoms. The van der Waals surface area contributed by atoms with Crippen molar-refractivity contribution in [2.45, 2.75) is 33.1 Å². The summed E-state index contributed by atoms with van der Waals surface area (Å²) in [6.45, 7) is 5.38. The van der Waals surface area contributed by atoms with Gasteiger partial charge in [0.25, 0.3) is 0 Å². The van der Waals surface area contributed by atoms with Crippen LogP contribution in [0.15, 0.2) is 23.8 Å². The summed E-state index contributed by atoms with van der Waals surface area (Å²) < 4.78 is 0. The highest BCUT2D eigenvalue weighted by atomic mass is 14.8. The first-order valence-corrected chi connectivity index (χ1v) is 4.74. The van der Waals surface area contributed by atoms with Gasteiger partial charge in [0.1, 0.15) is 0 Å². The number of unbranched alkanes of at least 4 members (excludes halogenated alkanes) is 1. The monoisotopic (exact) mass is 167 g/mol. The summed E-state index contributed by atoms with van der Waals surface area (Å²) in [7, 11) is 2.00. The standard InChI is InChI=1S/C11H21N/c1-4-5-8-11(2)9-6-7-10-12-3/h4-5,8,12H,6-7,9-10H2,1-3H3/b5-4-,11-8+. The van der Waals surface area contributed by atoms with E-state index in [4.69, 9.17) is 0 Å². The molecule has 0 aliphatic heterocycles. The van der Waals surface area contributed by atoms with Gasteiger partial charge in [-0.05, 0) is 46.7 Å². The Hall–Kier alpha value is -0.560. The van der Waals surface area contributed by atoms with Crippen LogP contribution in [0.5, 0.6) is 0 Å². The summed E-state index contributed by atoms with van der Waals surface area (Å²) >= 11 is 0. The van der Waals surface area contributed by atoms with Crippen molar-refractivity contribution in [2.75, 3.05) is 13.6 Å². The summed E-state index contributed by atoms with van der Waals surface area (Å²) in [4.78, 5) is 0. The van der Waals surface area contributed by atoms with Crippen molar-refractivity contribution >= 4 is 0 Å². The van der Waals surface area contributed by atoms with Crippen LogP contribution in [0.4, 0.5) is 0 Å². The van der Waals surface area contributed by atoms with E-state index in [1.165, 1.54) is 24.8 Å². The van der Waals surface area contributed by atoms with Crippen LogP contribution in [-0.2, 0) is 0 Å². The highest BCUT2D eigenvalue weighted by Crippen LogP contribution is 2.05. The Morgan fingerprint density at radius 1 is 1.33 bits per heavy atom. The predicted molar refractivity (Wildman–Crippen MR) is 56.3 cm³/mol. The zero-order valence-corrected chi connectivity index (χ0v) is 8.56. The molecular weight excluding hydrogens is 146 g/mol. The topological polar surface area (TPSA) is 12.0 Å². The van der Waals surface area contributed by atoms with Gasteiger partial charge in [0.2, 0.25) is 0 Å². The molecule has 0 bridgehead atoms. The summed E-state index contributed by atoms with van der Waals surface area (Å²) in [5.41, 5.74) is 1.48. The molecule has 0 aromatic carbocycles. The quantitative estimate of drug-likeness (QED) is 0.474. The number of allylic oxidation sites excluding steroid dienone is 4. The van der Waals surface area contributed by atoms with Crippen molar-refractivity contribution in [3.8, 4) is 0 Å². The van der Waals surface area contributed by atoms with Crippen LogP contribution in [0.1, 0.15) is 33.1 Å². The highest BCUT2D eigenvalue weighted by molar-refractivity contribution is 5.09. The average Bonchev–Trinajstić information content (AvgIpc) is 2.09. The normalized spacial score (nSPS) is 12.8. The van der Waals surface area contributed by atoms with E-state index >= 15 is 0 Å². The minimum atomic E-state index is 1.14. The Bertz CT molecular complexity index is 145. The fraction of sp³-hybridized carbons (Fsp3) is 0.636. The maximum Gasteiger partial charge on any atom is -0.00518 e. The predicted octanol–water partition coefficient (Wildman–Crippen LogP) is 2.90. The zero-order valence-electron chi connectivity index (χ0n) is 8.56. The van der Waals surface area contributed by atoms with Crippen LogP contribution in [0.25, 0.3) is 0 Å². The fourth-order valence-electron chi connectivity index (χ4n) is 1.05. The molecule has 0 aromatic rings. The fourth-order valence-corrected chi connectivity index (χ4v) is 1.05. The molecule has 0 fully saturated rings. The summed E-state index contributed by atoms with van der Waals surface area (Å²) in [6, 6.07) is 0. The third-order valence-corrected chi connectivity index (χ3v) is 1.82. The number of nitrogens with one attached hydrogen (secondary N) is 1. The molecule has 0 aromatic heterocycles. The van der Waals surface area contributed by atoms with Crippen LogP contribution >= 0.6 is 0 Å². The van der Waals surface area contributed by atoms with Crippen molar-refractivity contribution in [1.29, 1.82) is 0 Å². The lowest BCUT2D eigenvalue weighted by Crippen LogP contribution is -2.06. The minimum Gasteiger partial charge on any atom is -0.320 e. The molecule has 0 rings (SSSR count). The average molecular weight is 167 g/mol. The van der Waals surface area contributed by atoms with Gasteiger partial charge in [-0.2, -0.15) is 0 Å². The molecular formula is C11H21N. The number of hydrogen-bond donors (Lipinski definition) is 1. The molecule has 0 aliphatic rings. The molecule has 0 radical (unpaired) electrons. The SMILES string of the molecule is C/C=C\C=C(/C)CCCCNC. The number of rotatable bonds is 6. The Morgan fingerprint density at radius 3 is 2.67 bits per heavy atom. The van der Waals surface area contributed by atoms with Gasteiger partial charge >= 0.3 is 0 Å². The first-order chi connectivity index (χ1) is 5.81. The van der Waals surface area contributed by atoms with Crippen LogP contribution in [0.3, 0.4) is 0 Å². The van der Waals surface area contributed by atoms with Gasteiger partial charge in [-0.3, -0.25) is 0 Å². The molecule has 70 valence electrons. The first-order valence-electron chi connectivity index (χ1n) is 4.74. The largest absolute Gasteiger partial charge is 0.320 e. The molecule has 0 amide bonds. The van der Waals surface area contributed by atoms with Crippen LogP contribution in [0, 0.1) is 0 Å². The Morgan fingerprint density at radius 2 is 2.08 bits per heavy atom. The smallest absolute Gasteiger partial charge is 0.00518 e. The lowest BCUT2D eigenvalue weighted by molar-refractivity contribution is 0.674. The van der Waals surface area contributed by atoms with E-state index < -0.39 is 0 Å². The van der Waals surface area contributed by atoms with E-state index in [1.54, 1.807) is 0 Å². The zero-order chi connectivity index (χ0) is 9.23. The maximum absolute atomic E-state index is 3.15. The molecule has 1 nitrogen and oxygen atoms in total. The minimum absolute atomic E-state index is 1.14. The molecule has 12 heavy (non-hydrogen) atoms. The second-order valence-electron chi connectivity index (χ2n) is 3.10. The van der Waals surface area contributed by atoms with E-state index in [-0.39, 0.29) is 0 Å². The van der Waals surface area contributed by atoms with Crippen molar-refractivity contribution in [3.63, 3.8) is 0 Å². The van der Waals surface area contributed by atoms with Gasteiger partial charge in [0.05, 0.1) is 0 Å². The van der Waals surface area contributed by atoms with E-state index in [0.29, 0.717) is 0 Å². The molecule has 0 spiro atoms. The Labute approximate surface area is 76.6 Å². The van der Waals surface area contributed by atoms with Gasteiger partial charge in [-0.15, -0.1) is 0 Å². The molecule has 0 atom stereocenters. The van der Waals surface area contributed by atoms with E-state index in [9.17, 15) is 0 Å². The Balaban J connectivity index is 3.36. The summed E-state index contributed by atoms with van der Waals surface area (Å²) in [5, 5.41) is 3.15. The second kappa shape index (κ2) is 8.54. The van der Waals surface area contributed by atoms with Gasteiger partial charge in [0.15, 0.2) is 0 Å². The van der Waals surface area contributed by atoms with Crippen molar-refractivity contribution < 1.29 is 0 Å². The van der Waals surface area contributed by atoms with Gasteiger partial charge < -0.3 is 5.32 Å². The molecule has 0 unspecified atom stereocenters. The van der Waals surface area contributed by atoms with E-state index in [1.807, 2.05) is 14.0 Å². The van der Waals surface area contributed by atoms with Crippen LogP contribution in [-0.4, -0.2) is 13.6 Å². The highest BCUT2D eigenvalue weighted by Gasteiger charge is 1.88. The van der Waals surface area contributed by atoms with Gasteiger partial charge in [-0.1, -0.05) is 23.8 Å². The summed E-state index contributed by atoms with van der Waals surface area (Å²) in [6.07, 6.45) is 10.2. The van der Waals surface area contributed by atoms with Crippen LogP contribution in [0.2, 0.25) is 0 Å². The van der Waals surface area contributed by atoms with Gasteiger partial charge in [-0.25, -0.2) is 0 Å². The van der Waals surface area contributed by atoms with Crippen molar-refractivity contribution in [2.24, 2.45) is 0 Å². The third-order valence-electron chi connectivity index (χ3n) is 1.82. The maximum atomic E-state index is 3.15. The number of hydrogen-bond acceptors (Lipinski definition) is 1. The van der Waals surface area contributed by atoms with E-state index in [2.05, 4.69) is 30.5 Å². The molecule has 0 aliphatic carbocycles. The van der Waals surface area contributed by atoms with Gasteiger partial charge in [0, 0.05) is 0 Å². The lowest BCUT2D eigenvalue weighted by Gasteiger charge is -1.99.